The van der Waals surface area contributed by atoms with Crippen molar-refractivity contribution in [3.05, 3.63) is 41.9 Å². The molecule has 174 valence electrons. The Kier molecular flexibility index (Phi) is 7.02. The number of carboxylic acids is 1. The maximum atomic E-state index is 12.6. The van der Waals surface area contributed by atoms with Crippen LogP contribution in [0.4, 0.5) is 13.2 Å². The van der Waals surface area contributed by atoms with Crippen LogP contribution in [-0.2, 0) is 16.0 Å². The number of alkyl halides is 3. The van der Waals surface area contributed by atoms with E-state index in [4.69, 9.17) is 23.9 Å². The Bertz CT molecular complexity index is 928. The summed E-state index contributed by atoms with van der Waals surface area (Å²) < 4.78 is 48.8. The smallest absolute Gasteiger partial charge is 0.475 e. The SMILES string of the molecule is CCc1oncc1C(=O)N1CC2(CC(Oc3ccccn3)CCO2)C1.O=C(O)C(F)(F)F. The highest BCUT2D eigenvalue weighted by atomic mass is 19.4. The Morgan fingerprint density at radius 3 is 2.66 bits per heavy atom. The van der Waals surface area contributed by atoms with E-state index in [2.05, 4.69) is 10.1 Å². The molecule has 4 heterocycles. The molecule has 1 amide bonds. The number of halogens is 3. The van der Waals surface area contributed by atoms with Gasteiger partial charge < -0.3 is 24.0 Å². The summed E-state index contributed by atoms with van der Waals surface area (Å²) >= 11 is 0. The van der Waals surface area contributed by atoms with Gasteiger partial charge in [-0.05, 0) is 6.07 Å². The maximum absolute atomic E-state index is 12.6. The molecule has 2 aromatic rings. The monoisotopic (exact) mass is 457 g/mol. The molecular weight excluding hydrogens is 435 g/mol. The van der Waals surface area contributed by atoms with Gasteiger partial charge in [-0.25, -0.2) is 9.78 Å². The zero-order valence-corrected chi connectivity index (χ0v) is 17.2. The average molecular weight is 457 g/mol. The van der Waals surface area contributed by atoms with E-state index in [9.17, 15) is 18.0 Å². The molecule has 32 heavy (non-hydrogen) atoms. The molecule has 0 saturated carbocycles. The van der Waals surface area contributed by atoms with Crippen LogP contribution in [0.5, 0.6) is 5.88 Å². The number of aromatic nitrogens is 2. The number of ether oxygens (including phenoxy) is 2. The van der Waals surface area contributed by atoms with Crippen molar-refractivity contribution in [1.82, 2.24) is 15.0 Å². The van der Waals surface area contributed by atoms with Crippen molar-refractivity contribution in [2.45, 2.75) is 44.1 Å². The third-order valence-corrected chi connectivity index (χ3v) is 5.06. The summed E-state index contributed by atoms with van der Waals surface area (Å²) in [4.78, 5) is 27.5. The average Bonchev–Trinajstić information content (AvgIpc) is 3.21. The molecule has 9 nitrogen and oxygen atoms in total. The predicted molar refractivity (Wildman–Crippen MR) is 102 cm³/mol. The molecule has 2 aliphatic heterocycles. The van der Waals surface area contributed by atoms with E-state index in [0.717, 1.165) is 12.8 Å². The fourth-order valence-electron chi connectivity index (χ4n) is 3.55. The number of aliphatic carboxylic acids is 1. The van der Waals surface area contributed by atoms with Crippen molar-refractivity contribution < 1.29 is 41.9 Å². The van der Waals surface area contributed by atoms with E-state index in [1.165, 1.54) is 6.20 Å². The fraction of sp³-hybridized carbons (Fsp3) is 0.500. The number of carbonyl (C=O) groups is 2. The van der Waals surface area contributed by atoms with Crippen LogP contribution < -0.4 is 4.74 Å². The molecule has 1 spiro atoms. The topological polar surface area (TPSA) is 115 Å². The fourth-order valence-corrected chi connectivity index (χ4v) is 3.55. The largest absolute Gasteiger partial charge is 0.490 e. The van der Waals surface area contributed by atoms with Gasteiger partial charge in [-0.3, -0.25) is 4.79 Å². The Balaban J connectivity index is 0.000000360. The summed E-state index contributed by atoms with van der Waals surface area (Å²) in [6, 6.07) is 5.63. The minimum Gasteiger partial charge on any atom is -0.475 e. The minimum atomic E-state index is -5.08. The van der Waals surface area contributed by atoms with Gasteiger partial charge in [0, 0.05) is 31.5 Å². The Morgan fingerprint density at radius 2 is 2.06 bits per heavy atom. The molecule has 2 aromatic heterocycles. The van der Waals surface area contributed by atoms with E-state index < -0.39 is 12.1 Å². The second-order valence-corrected chi connectivity index (χ2v) is 7.41. The number of pyridine rings is 1. The highest BCUT2D eigenvalue weighted by Gasteiger charge is 2.50. The first-order chi connectivity index (χ1) is 15.1. The molecule has 1 atom stereocenters. The lowest BCUT2D eigenvalue weighted by atomic mass is 9.84. The third kappa shape index (κ3) is 5.55. The lowest BCUT2D eigenvalue weighted by Crippen LogP contribution is -2.67. The van der Waals surface area contributed by atoms with Crippen LogP contribution >= 0.6 is 0 Å². The van der Waals surface area contributed by atoms with Crippen LogP contribution in [0.2, 0.25) is 0 Å². The number of amides is 1. The summed E-state index contributed by atoms with van der Waals surface area (Å²) in [7, 11) is 0. The van der Waals surface area contributed by atoms with Gasteiger partial charge in [0.05, 0.1) is 25.9 Å². The van der Waals surface area contributed by atoms with E-state index in [1.54, 1.807) is 11.1 Å². The quantitative estimate of drug-likeness (QED) is 0.745. The molecule has 12 heteroatoms. The van der Waals surface area contributed by atoms with Crippen molar-refractivity contribution in [1.29, 1.82) is 0 Å². The molecule has 2 aliphatic rings. The number of nitrogens with zero attached hydrogens (tertiary/aromatic N) is 3. The van der Waals surface area contributed by atoms with Gasteiger partial charge in [-0.1, -0.05) is 18.1 Å². The summed E-state index contributed by atoms with van der Waals surface area (Å²) in [6.45, 7) is 3.72. The summed E-state index contributed by atoms with van der Waals surface area (Å²) in [5.74, 6) is -1.53. The Labute approximate surface area is 181 Å². The van der Waals surface area contributed by atoms with Crippen LogP contribution in [0.1, 0.15) is 35.9 Å². The number of rotatable bonds is 4. The van der Waals surface area contributed by atoms with E-state index in [0.29, 0.717) is 43.3 Å². The van der Waals surface area contributed by atoms with Crippen molar-refractivity contribution in [2.75, 3.05) is 19.7 Å². The van der Waals surface area contributed by atoms with Crippen molar-refractivity contribution >= 4 is 11.9 Å². The highest BCUT2D eigenvalue weighted by Crippen LogP contribution is 2.36. The highest BCUT2D eigenvalue weighted by molar-refractivity contribution is 5.95. The second kappa shape index (κ2) is 9.55. The number of carboxylic acid groups (broad SMARTS) is 1. The number of carbonyl (C=O) groups excluding carboxylic acids is 1. The van der Waals surface area contributed by atoms with Crippen molar-refractivity contribution in [3.8, 4) is 5.88 Å². The van der Waals surface area contributed by atoms with Gasteiger partial charge in [0.15, 0.2) is 0 Å². The molecule has 0 aromatic carbocycles. The van der Waals surface area contributed by atoms with Gasteiger partial charge >= 0.3 is 12.1 Å². The van der Waals surface area contributed by atoms with E-state index in [1.807, 2.05) is 25.1 Å². The summed E-state index contributed by atoms with van der Waals surface area (Å²) in [5.41, 5.74) is 0.242. The molecule has 2 fully saturated rings. The van der Waals surface area contributed by atoms with Gasteiger partial charge in [-0.2, -0.15) is 13.2 Å². The molecular formula is C20H22F3N3O6. The lowest BCUT2D eigenvalue weighted by Gasteiger charge is -2.52. The zero-order valence-electron chi connectivity index (χ0n) is 17.2. The van der Waals surface area contributed by atoms with E-state index in [-0.39, 0.29) is 17.6 Å². The molecule has 0 bridgehead atoms. The van der Waals surface area contributed by atoms with Crippen LogP contribution in [-0.4, -0.2) is 69.6 Å². The lowest BCUT2D eigenvalue weighted by molar-refractivity contribution is -0.192. The third-order valence-electron chi connectivity index (χ3n) is 5.06. The number of likely N-dealkylation sites (tertiary alicyclic amines) is 1. The molecule has 1 N–H and O–H groups in total. The van der Waals surface area contributed by atoms with Crippen LogP contribution in [0, 0.1) is 0 Å². The van der Waals surface area contributed by atoms with Crippen LogP contribution in [0.3, 0.4) is 0 Å². The number of aryl methyl sites for hydroxylation is 1. The maximum Gasteiger partial charge on any atom is 0.490 e. The Hall–Kier alpha value is -3.15. The molecule has 0 aliphatic carbocycles. The van der Waals surface area contributed by atoms with Gasteiger partial charge in [0.25, 0.3) is 5.91 Å². The zero-order chi connectivity index (χ0) is 23.4. The standard InChI is InChI=1S/C18H21N3O4.C2HF3O2/c1-2-15-14(10-20-25-15)17(22)21-11-18(12-21)9-13(6-8-23-18)24-16-5-3-4-7-19-16;3-2(4,5)1(6)7/h3-5,7,10,13H,2,6,8-9,11-12H2,1H3;(H,6,7). The van der Waals surface area contributed by atoms with E-state index >= 15 is 0 Å². The number of hydrogen-bond donors (Lipinski definition) is 1. The molecule has 4 rings (SSSR count). The molecule has 0 radical (unpaired) electrons. The van der Waals surface area contributed by atoms with Crippen molar-refractivity contribution in [2.24, 2.45) is 0 Å². The predicted octanol–water partition coefficient (Wildman–Crippen LogP) is 2.72. The first-order valence-corrected chi connectivity index (χ1v) is 9.88. The molecule has 2 saturated heterocycles. The van der Waals surface area contributed by atoms with Crippen molar-refractivity contribution in [3.63, 3.8) is 0 Å². The Morgan fingerprint density at radius 1 is 1.34 bits per heavy atom. The normalized spacial score (nSPS) is 19.5. The number of hydrogen-bond acceptors (Lipinski definition) is 7. The second-order valence-electron chi connectivity index (χ2n) is 7.41. The minimum absolute atomic E-state index is 0.0416. The van der Waals surface area contributed by atoms with Crippen LogP contribution in [0.15, 0.2) is 35.1 Å². The summed E-state index contributed by atoms with van der Waals surface area (Å²) in [5, 5.41) is 10.9. The van der Waals surface area contributed by atoms with Gasteiger partial charge in [0.2, 0.25) is 5.88 Å². The van der Waals surface area contributed by atoms with Gasteiger partial charge in [0.1, 0.15) is 23.0 Å². The first kappa shape index (κ1) is 23.5. The summed E-state index contributed by atoms with van der Waals surface area (Å²) in [6.07, 6.45) is 0.438. The van der Waals surface area contributed by atoms with Crippen LogP contribution in [0.25, 0.3) is 0 Å². The molecule has 1 unspecified atom stereocenters. The first-order valence-electron chi connectivity index (χ1n) is 9.88. The van der Waals surface area contributed by atoms with Gasteiger partial charge in [-0.15, -0.1) is 0 Å².